The van der Waals surface area contributed by atoms with E-state index in [1.165, 1.54) is 11.2 Å². The highest BCUT2D eigenvalue weighted by Crippen LogP contribution is 2.38. The monoisotopic (exact) mass is 437 g/mol. The molecule has 1 saturated heterocycles. The molecule has 1 amide bonds. The number of carbonyl (C=O) groups is 1. The SMILES string of the molecule is CN1C=NC2N=CN(Cc3nc([C@@H]4CO[C@@H](c5ccc6ncsc6c5)C4)no3)C(=O)C21. The summed E-state index contributed by atoms with van der Waals surface area (Å²) >= 11 is 1.62. The lowest BCUT2D eigenvalue weighted by Gasteiger charge is -2.29. The van der Waals surface area contributed by atoms with Crippen molar-refractivity contribution < 1.29 is 14.1 Å². The van der Waals surface area contributed by atoms with Gasteiger partial charge in [-0.05, 0) is 24.1 Å². The van der Waals surface area contributed by atoms with Crippen LogP contribution in [0.3, 0.4) is 0 Å². The molecule has 6 rings (SSSR count). The predicted octanol–water partition coefficient (Wildman–Crippen LogP) is 1.96. The Kier molecular flexibility index (Phi) is 4.32. The van der Waals surface area contributed by atoms with E-state index in [0.717, 1.165) is 22.2 Å². The van der Waals surface area contributed by atoms with Gasteiger partial charge in [-0.15, -0.1) is 11.3 Å². The van der Waals surface area contributed by atoms with Crippen molar-refractivity contribution >= 4 is 40.1 Å². The van der Waals surface area contributed by atoms with Gasteiger partial charge in [0.25, 0.3) is 5.91 Å². The second kappa shape index (κ2) is 7.20. The molecular formula is C20H19N7O3S. The van der Waals surface area contributed by atoms with Crippen LogP contribution in [0.2, 0.25) is 0 Å². The van der Waals surface area contributed by atoms with E-state index in [-0.39, 0.29) is 30.6 Å². The van der Waals surface area contributed by atoms with Gasteiger partial charge < -0.3 is 14.2 Å². The van der Waals surface area contributed by atoms with Crippen molar-refractivity contribution in [3.63, 3.8) is 0 Å². The van der Waals surface area contributed by atoms with Crippen LogP contribution < -0.4 is 0 Å². The summed E-state index contributed by atoms with van der Waals surface area (Å²) in [6, 6.07) is 5.82. The zero-order chi connectivity index (χ0) is 20.9. The third-order valence-electron chi connectivity index (χ3n) is 5.90. The van der Waals surface area contributed by atoms with Crippen molar-refractivity contribution in [2.45, 2.75) is 37.2 Å². The zero-order valence-corrected chi connectivity index (χ0v) is 17.5. The fraction of sp³-hybridized carbons (Fsp3) is 0.400. The van der Waals surface area contributed by atoms with Gasteiger partial charge in [-0.25, -0.2) is 15.0 Å². The van der Waals surface area contributed by atoms with Crippen LogP contribution in [0.25, 0.3) is 10.2 Å². The van der Waals surface area contributed by atoms with E-state index in [2.05, 4.69) is 37.2 Å². The van der Waals surface area contributed by atoms with E-state index >= 15 is 0 Å². The molecule has 0 saturated carbocycles. The molecule has 10 nitrogen and oxygen atoms in total. The summed E-state index contributed by atoms with van der Waals surface area (Å²) in [5, 5.41) is 4.15. The highest BCUT2D eigenvalue weighted by molar-refractivity contribution is 7.16. The van der Waals surface area contributed by atoms with Crippen molar-refractivity contribution in [1.82, 2.24) is 24.9 Å². The fourth-order valence-electron chi connectivity index (χ4n) is 4.21. The lowest BCUT2D eigenvalue weighted by atomic mass is 10.00. The molecule has 2 aromatic heterocycles. The first kappa shape index (κ1) is 18.6. The first-order valence-corrected chi connectivity index (χ1v) is 10.9. The maximum absolute atomic E-state index is 12.8. The first-order valence-electron chi connectivity index (χ1n) is 10.0. The molecule has 11 heteroatoms. The smallest absolute Gasteiger partial charge is 0.255 e. The van der Waals surface area contributed by atoms with Crippen molar-refractivity contribution in [3.05, 3.63) is 41.0 Å². The summed E-state index contributed by atoms with van der Waals surface area (Å²) in [4.78, 5) is 33.4. The molecule has 4 atom stereocenters. The number of amides is 1. The number of rotatable bonds is 4. The minimum Gasteiger partial charge on any atom is -0.373 e. The predicted molar refractivity (Wildman–Crippen MR) is 113 cm³/mol. The van der Waals surface area contributed by atoms with Crippen molar-refractivity contribution in [2.24, 2.45) is 9.98 Å². The van der Waals surface area contributed by atoms with E-state index in [1.54, 1.807) is 22.6 Å². The molecule has 0 aliphatic carbocycles. The summed E-state index contributed by atoms with van der Waals surface area (Å²) in [6.07, 6.45) is 3.54. The van der Waals surface area contributed by atoms with Gasteiger partial charge in [0.1, 0.15) is 6.54 Å². The van der Waals surface area contributed by atoms with E-state index in [9.17, 15) is 4.79 Å². The Bertz CT molecular complexity index is 1200. The standard InChI is InChI=1S/C20H19N7O3S/c1-26-8-21-19-17(26)20(28)27(9-22-19)6-16-24-18(25-30-16)12-4-14(29-7-12)11-2-3-13-15(5-11)31-10-23-13/h2-3,5,8-10,12,14,17,19H,4,6-7H2,1H3/t12-,14+,17?,19?/m0/s1. The van der Waals surface area contributed by atoms with Gasteiger partial charge in [0, 0.05) is 13.0 Å². The van der Waals surface area contributed by atoms with Crippen LogP contribution in [-0.4, -0.2) is 69.4 Å². The van der Waals surface area contributed by atoms with E-state index < -0.39 is 6.04 Å². The summed E-state index contributed by atoms with van der Waals surface area (Å²) in [5.74, 6) is 0.952. The molecule has 3 aliphatic heterocycles. The molecule has 158 valence electrons. The Balaban J connectivity index is 1.13. The number of fused-ring (bicyclic) bond motifs is 2. The zero-order valence-electron chi connectivity index (χ0n) is 16.7. The highest BCUT2D eigenvalue weighted by Gasteiger charge is 2.40. The molecule has 0 radical (unpaired) electrons. The Morgan fingerprint density at radius 1 is 1.26 bits per heavy atom. The number of aromatic nitrogens is 3. The number of thiazole rings is 1. The summed E-state index contributed by atoms with van der Waals surface area (Å²) < 4.78 is 12.6. The van der Waals surface area contributed by atoms with Crippen LogP contribution in [0.5, 0.6) is 0 Å². The molecular weight excluding hydrogens is 418 g/mol. The number of nitrogens with zero attached hydrogens (tertiary/aromatic N) is 7. The Hall–Kier alpha value is -3.18. The second-order valence-corrected chi connectivity index (χ2v) is 8.79. The summed E-state index contributed by atoms with van der Waals surface area (Å²) in [5.41, 5.74) is 3.99. The lowest BCUT2D eigenvalue weighted by molar-refractivity contribution is -0.132. The number of hydrogen-bond acceptors (Lipinski definition) is 10. The summed E-state index contributed by atoms with van der Waals surface area (Å²) in [7, 11) is 1.82. The second-order valence-electron chi connectivity index (χ2n) is 7.90. The first-order chi connectivity index (χ1) is 15.2. The van der Waals surface area contributed by atoms with Crippen LogP contribution in [-0.2, 0) is 16.1 Å². The van der Waals surface area contributed by atoms with E-state index in [4.69, 9.17) is 9.26 Å². The molecule has 31 heavy (non-hydrogen) atoms. The maximum Gasteiger partial charge on any atom is 0.255 e. The molecule has 2 unspecified atom stereocenters. The molecule has 1 fully saturated rings. The van der Waals surface area contributed by atoms with Gasteiger partial charge in [0.15, 0.2) is 18.0 Å². The van der Waals surface area contributed by atoms with Gasteiger partial charge in [0.2, 0.25) is 5.89 Å². The summed E-state index contributed by atoms with van der Waals surface area (Å²) in [6.45, 7) is 0.714. The van der Waals surface area contributed by atoms with Gasteiger partial charge in [-0.1, -0.05) is 11.2 Å². The van der Waals surface area contributed by atoms with Gasteiger partial charge >= 0.3 is 0 Å². The fourth-order valence-corrected chi connectivity index (χ4v) is 4.93. The van der Waals surface area contributed by atoms with Crippen LogP contribution in [0.1, 0.15) is 35.7 Å². The van der Waals surface area contributed by atoms with Crippen LogP contribution in [0.15, 0.2) is 38.2 Å². The third-order valence-corrected chi connectivity index (χ3v) is 6.69. The van der Waals surface area contributed by atoms with Crippen LogP contribution in [0, 0.1) is 0 Å². The molecule has 0 bridgehead atoms. The molecule has 3 aliphatic rings. The molecule has 0 N–H and O–H groups in total. The average molecular weight is 437 g/mol. The van der Waals surface area contributed by atoms with Gasteiger partial charge in [0.05, 0.1) is 41.1 Å². The van der Waals surface area contributed by atoms with Gasteiger partial charge in [-0.3, -0.25) is 9.69 Å². The topological polar surface area (TPSA) is 109 Å². The highest BCUT2D eigenvalue weighted by atomic mass is 32.1. The number of benzene rings is 1. The number of aliphatic imine (C=N–C) groups is 2. The molecule has 3 aromatic rings. The number of hydrogen-bond donors (Lipinski definition) is 0. The van der Waals surface area contributed by atoms with Crippen LogP contribution in [0.4, 0.5) is 0 Å². The number of likely N-dealkylation sites (N-methyl/N-ethyl adjacent to an activating group) is 1. The number of carbonyl (C=O) groups excluding carboxylic acids is 1. The Morgan fingerprint density at radius 3 is 3.10 bits per heavy atom. The minimum atomic E-state index is -0.410. The van der Waals surface area contributed by atoms with Crippen molar-refractivity contribution in [1.29, 1.82) is 0 Å². The normalized spacial score (nSPS) is 27.6. The van der Waals surface area contributed by atoms with Crippen molar-refractivity contribution in [2.75, 3.05) is 13.7 Å². The molecule has 0 spiro atoms. The number of ether oxygens (including phenoxy) is 1. The molecule has 1 aromatic carbocycles. The quantitative estimate of drug-likeness (QED) is 0.614. The van der Waals surface area contributed by atoms with Crippen LogP contribution >= 0.6 is 11.3 Å². The maximum atomic E-state index is 12.8. The van der Waals surface area contributed by atoms with Gasteiger partial charge in [-0.2, -0.15) is 4.98 Å². The lowest BCUT2D eigenvalue weighted by Crippen LogP contribution is -2.51. The van der Waals surface area contributed by atoms with E-state index in [1.807, 2.05) is 18.6 Å². The largest absolute Gasteiger partial charge is 0.373 e. The Morgan fingerprint density at radius 2 is 2.16 bits per heavy atom. The van der Waals surface area contributed by atoms with Crippen molar-refractivity contribution in [3.8, 4) is 0 Å². The average Bonchev–Trinajstić information content (AvgIpc) is 3.56. The van der Waals surface area contributed by atoms with E-state index in [0.29, 0.717) is 18.3 Å². The third kappa shape index (κ3) is 3.20. The Labute approximate surface area is 181 Å². The minimum absolute atomic E-state index is 0.0101. The molecule has 5 heterocycles.